The number of amides is 2. The molecule has 0 radical (unpaired) electrons. The van der Waals surface area contributed by atoms with Gasteiger partial charge >= 0.3 is 0 Å². The van der Waals surface area contributed by atoms with Crippen LogP contribution in [0.25, 0.3) is 0 Å². The molecule has 182 valence electrons. The largest absolute Gasteiger partial charge is 0.487 e. The minimum Gasteiger partial charge on any atom is -0.487 e. The number of nitrogens with zero attached hydrogens (tertiary/aromatic N) is 2. The van der Waals surface area contributed by atoms with Crippen LogP contribution < -0.4 is 4.74 Å². The van der Waals surface area contributed by atoms with Crippen molar-refractivity contribution in [3.63, 3.8) is 0 Å². The molecule has 1 fully saturated rings. The molecule has 0 N–H and O–H groups in total. The van der Waals surface area contributed by atoms with Crippen LogP contribution in [-0.2, 0) is 0 Å². The molecule has 5 nitrogen and oxygen atoms in total. The Kier molecular flexibility index (Phi) is 8.38. The maximum atomic E-state index is 13.8. The van der Waals surface area contributed by atoms with Gasteiger partial charge in [-0.25, -0.2) is 0 Å². The monoisotopic (exact) mass is 502 g/mol. The first kappa shape index (κ1) is 24.9. The Morgan fingerprint density at radius 2 is 1.68 bits per heavy atom. The van der Waals surface area contributed by atoms with E-state index in [9.17, 15) is 9.59 Å². The summed E-state index contributed by atoms with van der Waals surface area (Å²) in [7, 11) is 0. The Morgan fingerprint density at radius 3 is 2.44 bits per heavy atom. The molecule has 0 bridgehead atoms. The third-order valence-electron chi connectivity index (χ3n) is 6.76. The molecule has 1 heterocycles. The second kappa shape index (κ2) is 11.5. The van der Waals surface area contributed by atoms with Crippen molar-refractivity contribution in [1.29, 1.82) is 0 Å². The lowest BCUT2D eigenvalue weighted by atomic mass is 9.90. The van der Waals surface area contributed by atoms with Gasteiger partial charge in [-0.3, -0.25) is 9.59 Å². The number of hydrogen-bond acceptors (Lipinski definition) is 3. The molecule has 2 atom stereocenters. The molecule has 0 spiro atoms. The smallest absolute Gasteiger partial charge is 0.257 e. The van der Waals surface area contributed by atoms with E-state index in [-0.39, 0.29) is 24.0 Å². The predicted octanol–water partition coefficient (Wildman–Crippen LogP) is 6.47. The average molecular weight is 503 g/mol. The number of hydrogen-bond donors (Lipinski definition) is 0. The van der Waals surface area contributed by atoms with Crippen LogP contribution in [0.4, 0.5) is 0 Å². The number of carbonyl (C=O) groups excluding carboxylic acids is 2. The SMILES string of the molecule is CCCN1CCCCN(C(=O)c2c(Cl)cccc2Cl)[C@@H]2CCCC[C@@H]2Oc2ccccc2C1=O. The van der Waals surface area contributed by atoms with E-state index in [0.29, 0.717) is 46.6 Å². The maximum absolute atomic E-state index is 13.8. The van der Waals surface area contributed by atoms with Crippen LogP contribution in [0.5, 0.6) is 5.75 Å². The molecule has 1 aliphatic carbocycles. The fourth-order valence-electron chi connectivity index (χ4n) is 5.08. The molecule has 2 aromatic rings. The maximum Gasteiger partial charge on any atom is 0.257 e. The summed E-state index contributed by atoms with van der Waals surface area (Å²) in [5.41, 5.74) is 0.943. The van der Waals surface area contributed by atoms with Crippen LogP contribution in [-0.4, -0.2) is 53.4 Å². The number of para-hydroxylation sites is 1. The van der Waals surface area contributed by atoms with Crippen molar-refractivity contribution >= 4 is 35.0 Å². The summed E-state index contributed by atoms with van der Waals surface area (Å²) in [6, 6.07) is 12.5. The predicted molar refractivity (Wildman–Crippen MR) is 136 cm³/mol. The number of ether oxygens (including phenoxy) is 1. The zero-order valence-corrected chi connectivity index (χ0v) is 21.2. The van der Waals surface area contributed by atoms with Gasteiger partial charge in [0.2, 0.25) is 0 Å². The molecule has 2 aliphatic rings. The van der Waals surface area contributed by atoms with Gasteiger partial charge in [-0.15, -0.1) is 0 Å². The highest BCUT2D eigenvalue weighted by molar-refractivity contribution is 6.39. The molecule has 7 heteroatoms. The summed E-state index contributed by atoms with van der Waals surface area (Å²) < 4.78 is 6.54. The van der Waals surface area contributed by atoms with Crippen LogP contribution in [0.3, 0.4) is 0 Å². The summed E-state index contributed by atoms with van der Waals surface area (Å²) >= 11 is 12.9. The fraction of sp³-hybridized carbons (Fsp3) is 0.481. The first-order valence-electron chi connectivity index (χ1n) is 12.3. The molecule has 0 aromatic heterocycles. The van der Waals surface area contributed by atoms with Gasteiger partial charge in [0.25, 0.3) is 11.8 Å². The van der Waals surface area contributed by atoms with Gasteiger partial charge < -0.3 is 14.5 Å². The lowest BCUT2D eigenvalue weighted by Crippen LogP contribution is -2.51. The Bertz CT molecular complexity index is 1010. The van der Waals surface area contributed by atoms with Crippen molar-refractivity contribution < 1.29 is 14.3 Å². The quantitative estimate of drug-likeness (QED) is 0.482. The van der Waals surface area contributed by atoms with E-state index < -0.39 is 0 Å². The van der Waals surface area contributed by atoms with Crippen molar-refractivity contribution in [3.05, 3.63) is 63.6 Å². The minimum atomic E-state index is -0.202. The number of rotatable bonds is 3. The lowest BCUT2D eigenvalue weighted by Gasteiger charge is -2.41. The van der Waals surface area contributed by atoms with Crippen LogP contribution in [0.2, 0.25) is 10.0 Å². The summed E-state index contributed by atoms with van der Waals surface area (Å²) in [5, 5.41) is 0.726. The van der Waals surface area contributed by atoms with Crippen LogP contribution in [0.15, 0.2) is 42.5 Å². The summed E-state index contributed by atoms with van der Waals surface area (Å²) in [5.74, 6) is 0.457. The first-order valence-corrected chi connectivity index (χ1v) is 13.1. The summed E-state index contributed by atoms with van der Waals surface area (Å²) in [6.07, 6.45) is 5.99. The zero-order valence-electron chi connectivity index (χ0n) is 19.6. The third-order valence-corrected chi connectivity index (χ3v) is 7.39. The molecular weight excluding hydrogens is 471 g/mol. The first-order chi connectivity index (χ1) is 16.5. The van der Waals surface area contributed by atoms with Crippen molar-refractivity contribution in [2.24, 2.45) is 0 Å². The number of benzene rings is 2. The number of fused-ring (bicyclic) bond motifs is 2. The van der Waals surface area contributed by atoms with Crippen LogP contribution >= 0.6 is 23.2 Å². The number of carbonyl (C=O) groups is 2. The molecule has 2 amide bonds. The molecule has 4 rings (SSSR count). The molecule has 0 unspecified atom stereocenters. The van der Waals surface area contributed by atoms with Gasteiger partial charge in [0, 0.05) is 19.6 Å². The Hall–Kier alpha value is -2.24. The topological polar surface area (TPSA) is 49.9 Å². The lowest BCUT2D eigenvalue weighted by molar-refractivity contribution is 0.0259. The van der Waals surface area contributed by atoms with Gasteiger partial charge in [0.1, 0.15) is 11.9 Å². The van der Waals surface area contributed by atoms with Crippen molar-refractivity contribution in [1.82, 2.24) is 9.80 Å². The Labute approximate surface area is 212 Å². The summed E-state index contributed by atoms with van der Waals surface area (Å²) in [6.45, 7) is 3.98. The van der Waals surface area contributed by atoms with Crippen molar-refractivity contribution in [2.45, 2.75) is 64.0 Å². The van der Waals surface area contributed by atoms with Crippen molar-refractivity contribution in [3.8, 4) is 5.75 Å². The van der Waals surface area contributed by atoms with Gasteiger partial charge in [0.05, 0.1) is 27.2 Å². The minimum absolute atomic E-state index is 0.0150. The van der Waals surface area contributed by atoms with E-state index in [4.69, 9.17) is 27.9 Å². The number of halogens is 2. The van der Waals surface area contributed by atoms with E-state index >= 15 is 0 Å². The summed E-state index contributed by atoms with van der Waals surface area (Å²) in [4.78, 5) is 31.0. The molecule has 1 saturated carbocycles. The van der Waals surface area contributed by atoms with Gasteiger partial charge in [-0.05, 0) is 62.8 Å². The highest BCUT2D eigenvalue weighted by Crippen LogP contribution is 2.33. The van der Waals surface area contributed by atoms with E-state index in [0.717, 1.165) is 44.9 Å². The molecule has 0 saturated heterocycles. The molecule has 34 heavy (non-hydrogen) atoms. The van der Waals surface area contributed by atoms with Crippen LogP contribution in [0.1, 0.15) is 72.6 Å². The van der Waals surface area contributed by atoms with E-state index in [1.54, 1.807) is 18.2 Å². The Morgan fingerprint density at radius 1 is 0.971 bits per heavy atom. The second-order valence-electron chi connectivity index (χ2n) is 9.10. The van der Waals surface area contributed by atoms with Gasteiger partial charge in [0.15, 0.2) is 0 Å². The van der Waals surface area contributed by atoms with E-state index in [2.05, 4.69) is 6.92 Å². The van der Waals surface area contributed by atoms with E-state index in [1.807, 2.05) is 34.1 Å². The second-order valence-corrected chi connectivity index (χ2v) is 9.91. The average Bonchev–Trinajstić information content (AvgIpc) is 2.83. The highest BCUT2D eigenvalue weighted by atomic mass is 35.5. The van der Waals surface area contributed by atoms with Gasteiger partial charge in [-0.1, -0.05) is 54.7 Å². The van der Waals surface area contributed by atoms with E-state index in [1.165, 1.54) is 0 Å². The standard InChI is InChI=1S/C27H32Cl2N2O3/c1-2-16-30-17-7-8-18-31(27(33)25-20(28)11-9-12-21(25)29)22-13-4-6-15-24(22)34-23-14-5-3-10-19(23)26(30)32/h3,5,9-12,14,22,24H,2,4,6-8,13,15-18H2,1H3/t22-,24+/m1/s1. The van der Waals surface area contributed by atoms with Gasteiger partial charge in [-0.2, -0.15) is 0 Å². The highest BCUT2D eigenvalue weighted by Gasteiger charge is 2.37. The zero-order chi connectivity index (χ0) is 24.1. The normalized spacial score (nSPS) is 21.6. The molecule has 2 aromatic carbocycles. The molecular formula is C27H32Cl2N2O3. The fourth-order valence-corrected chi connectivity index (χ4v) is 5.64. The molecule has 1 aliphatic heterocycles. The van der Waals surface area contributed by atoms with Crippen LogP contribution in [0, 0.1) is 0 Å². The third kappa shape index (κ3) is 5.36. The Balaban J connectivity index is 1.72. The van der Waals surface area contributed by atoms with Crippen molar-refractivity contribution in [2.75, 3.05) is 19.6 Å².